The Balaban J connectivity index is 1.92. The number of fused-ring (bicyclic) bond motifs is 2. The summed E-state index contributed by atoms with van der Waals surface area (Å²) in [6.07, 6.45) is 0. The molecule has 7 nitrogen and oxygen atoms in total. The van der Waals surface area contributed by atoms with Gasteiger partial charge in [-0.3, -0.25) is 13.9 Å². The Morgan fingerprint density at radius 1 is 1.20 bits per heavy atom. The lowest BCUT2D eigenvalue weighted by molar-refractivity contribution is 0.648. The van der Waals surface area contributed by atoms with Crippen LogP contribution in [0.5, 0.6) is 0 Å². The summed E-state index contributed by atoms with van der Waals surface area (Å²) in [5.74, 6) is 0. The van der Waals surface area contributed by atoms with Crippen LogP contribution < -0.4 is 11.2 Å². The second kappa shape index (κ2) is 5.60. The third-order valence-electron chi connectivity index (χ3n) is 4.27. The van der Waals surface area contributed by atoms with E-state index in [1.165, 1.54) is 9.13 Å². The molecule has 0 radical (unpaired) electrons. The van der Waals surface area contributed by atoms with Crippen molar-refractivity contribution < 1.29 is 0 Å². The van der Waals surface area contributed by atoms with Crippen molar-refractivity contribution in [2.75, 3.05) is 0 Å². The molecule has 9 heteroatoms. The number of hydrogen-bond acceptors (Lipinski definition) is 3. The molecule has 4 aromatic rings. The Kier molecular flexibility index (Phi) is 3.62. The van der Waals surface area contributed by atoms with Gasteiger partial charge in [0.1, 0.15) is 0 Å². The highest BCUT2D eigenvalue weighted by Gasteiger charge is 2.18. The highest BCUT2D eigenvalue weighted by atomic mass is 79.9. The molecular formula is C16H13BrClN5O2. The van der Waals surface area contributed by atoms with Gasteiger partial charge in [-0.1, -0.05) is 11.6 Å². The normalized spacial score (nSPS) is 11.7. The predicted octanol–water partition coefficient (Wildman–Crippen LogP) is 2.38. The van der Waals surface area contributed by atoms with E-state index in [9.17, 15) is 9.59 Å². The Hall–Kier alpha value is -2.32. The van der Waals surface area contributed by atoms with Gasteiger partial charge in [-0.05, 0) is 40.2 Å². The Bertz CT molecular complexity index is 1260. The van der Waals surface area contributed by atoms with Gasteiger partial charge in [-0.15, -0.1) is 0 Å². The molecule has 0 bridgehead atoms. The van der Waals surface area contributed by atoms with Crippen LogP contribution in [-0.4, -0.2) is 23.7 Å². The molecule has 25 heavy (non-hydrogen) atoms. The lowest BCUT2D eigenvalue weighted by atomic mass is 10.2. The molecule has 0 amide bonds. The van der Waals surface area contributed by atoms with Crippen molar-refractivity contribution in [2.45, 2.75) is 6.54 Å². The number of benzene rings is 1. The fraction of sp³-hybridized carbons (Fsp3) is 0.188. The Morgan fingerprint density at radius 2 is 1.96 bits per heavy atom. The number of hydrogen-bond donors (Lipinski definition) is 1. The number of nitrogens with zero attached hydrogens (tertiary/aromatic N) is 4. The maximum Gasteiger partial charge on any atom is 0.332 e. The van der Waals surface area contributed by atoms with E-state index < -0.39 is 5.69 Å². The van der Waals surface area contributed by atoms with Gasteiger partial charge in [-0.25, -0.2) is 9.78 Å². The van der Waals surface area contributed by atoms with Crippen LogP contribution in [0, 0.1) is 0 Å². The highest BCUT2D eigenvalue weighted by molar-refractivity contribution is 9.10. The minimum Gasteiger partial charge on any atom is -0.357 e. The molecule has 0 unspecified atom stereocenters. The largest absolute Gasteiger partial charge is 0.357 e. The average Bonchev–Trinajstić information content (AvgIpc) is 3.10. The average molecular weight is 423 g/mol. The third-order valence-corrected chi connectivity index (χ3v) is 5.22. The molecule has 0 fully saturated rings. The molecular weight excluding hydrogens is 410 g/mol. The SMILES string of the molecule is Cn1c(Br)nc2c1c(=O)n(Cc1cc3cc(Cl)ccc3[nH]1)c(=O)n2C. The topological polar surface area (TPSA) is 77.6 Å². The van der Waals surface area contributed by atoms with Crippen LogP contribution in [0.2, 0.25) is 5.02 Å². The van der Waals surface area contributed by atoms with Gasteiger partial charge in [0.05, 0.1) is 6.54 Å². The van der Waals surface area contributed by atoms with Gasteiger partial charge < -0.3 is 9.55 Å². The van der Waals surface area contributed by atoms with Crippen LogP contribution in [0.15, 0.2) is 38.6 Å². The van der Waals surface area contributed by atoms with Gasteiger partial charge in [0.25, 0.3) is 5.56 Å². The Labute approximate surface area is 154 Å². The van der Waals surface area contributed by atoms with Crippen molar-refractivity contribution in [1.82, 2.24) is 23.7 Å². The van der Waals surface area contributed by atoms with E-state index in [-0.39, 0.29) is 12.1 Å². The number of H-pyrrole nitrogens is 1. The number of imidazole rings is 1. The van der Waals surface area contributed by atoms with Crippen molar-refractivity contribution >= 4 is 49.6 Å². The Morgan fingerprint density at radius 3 is 2.72 bits per heavy atom. The molecule has 0 atom stereocenters. The van der Waals surface area contributed by atoms with E-state index in [0.29, 0.717) is 20.9 Å². The first kappa shape index (κ1) is 16.2. The van der Waals surface area contributed by atoms with Crippen LogP contribution in [0.25, 0.3) is 22.1 Å². The predicted molar refractivity (Wildman–Crippen MR) is 100 cm³/mol. The molecule has 0 aliphatic carbocycles. The van der Waals surface area contributed by atoms with Gasteiger partial charge in [0.15, 0.2) is 15.9 Å². The van der Waals surface area contributed by atoms with Crippen molar-refractivity contribution in [3.8, 4) is 0 Å². The lowest BCUT2D eigenvalue weighted by Crippen LogP contribution is -2.39. The van der Waals surface area contributed by atoms with Gasteiger partial charge >= 0.3 is 5.69 Å². The maximum absolute atomic E-state index is 12.8. The summed E-state index contributed by atoms with van der Waals surface area (Å²) < 4.78 is 4.69. The van der Waals surface area contributed by atoms with Crippen LogP contribution in [0.1, 0.15) is 5.69 Å². The van der Waals surface area contributed by atoms with Gasteiger partial charge in [-0.2, -0.15) is 0 Å². The summed E-state index contributed by atoms with van der Waals surface area (Å²) in [6.45, 7) is 0.135. The number of nitrogens with one attached hydrogen (secondary N) is 1. The summed E-state index contributed by atoms with van der Waals surface area (Å²) in [5, 5.41) is 1.56. The smallest absolute Gasteiger partial charge is 0.332 e. The number of aryl methyl sites for hydroxylation is 2. The molecule has 4 rings (SSSR count). The minimum absolute atomic E-state index is 0.135. The van der Waals surface area contributed by atoms with E-state index in [2.05, 4.69) is 25.9 Å². The van der Waals surface area contributed by atoms with E-state index in [4.69, 9.17) is 11.6 Å². The second-order valence-electron chi connectivity index (χ2n) is 5.87. The summed E-state index contributed by atoms with van der Waals surface area (Å²) in [6, 6.07) is 7.37. The standard InChI is InChI=1S/C16H13BrClN5O2/c1-21-12-13(20-15(21)17)22(2)16(25)23(14(12)24)7-10-6-8-5-9(18)3-4-11(8)19-10/h3-6,19H,7H2,1-2H3. The monoisotopic (exact) mass is 421 g/mol. The first-order chi connectivity index (χ1) is 11.9. The first-order valence-electron chi connectivity index (χ1n) is 7.45. The molecule has 0 aliphatic heterocycles. The van der Waals surface area contributed by atoms with E-state index >= 15 is 0 Å². The van der Waals surface area contributed by atoms with Crippen molar-refractivity contribution in [3.05, 3.63) is 60.6 Å². The summed E-state index contributed by atoms with van der Waals surface area (Å²) >= 11 is 9.30. The van der Waals surface area contributed by atoms with Gasteiger partial charge in [0, 0.05) is 35.7 Å². The van der Waals surface area contributed by atoms with E-state index in [1.54, 1.807) is 24.7 Å². The minimum atomic E-state index is -0.417. The highest BCUT2D eigenvalue weighted by Crippen LogP contribution is 2.20. The van der Waals surface area contributed by atoms with Crippen LogP contribution in [0.4, 0.5) is 0 Å². The zero-order valence-electron chi connectivity index (χ0n) is 13.4. The molecule has 0 spiro atoms. The molecule has 0 saturated carbocycles. The van der Waals surface area contributed by atoms with E-state index in [0.717, 1.165) is 16.6 Å². The summed E-state index contributed by atoms with van der Waals surface area (Å²) in [7, 11) is 3.32. The van der Waals surface area contributed by atoms with Crippen molar-refractivity contribution in [3.63, 3.8) is 0 Å². The number of rotatable bonds is 2. The molecule has 3 aromatic heterocycles. The zero-order chi connectivity index (χ0) is 17.9. The first-order valence-corrected chi connectivity index (χ1v) is 8.63. The van der Waals surface area contributed by atoms with Crippen LogP contribution in [-0.2, 0) is 20.6 Å². The third kappa shape index (κ3) is 2.44. The maximum atomic E-state index is 12.8. The molecule has 1 aromatic carbocycles. The van der Waals surface area contributed by atoms with Gasteiger partial charge in [0.2, 0.25) is 0 Å². The quantitative estimate of drug-likeness (QED) is 0.504. The van der Waals surface area contributed by atoms with Crippen LogP contribution >= 0.6 is 27.5 Å². The van der Waals surface area contributed by atoms with Crippen molar-refractivity contribution in [1.29, 1.82) is 0 Å². The number of aromatic nitrogens is 5. The van der Waals surface area contributed by atoms with E-state index in [1.807, 2.05) is 18.2 Å². The van der Waals surface area contributed by atoms with Crippen LogP contribution in [0.3, 0.4) is 0 Å². The van der Waals surface area contributed by atoms with Crippen molar-refractivity contribution in [2.24, 2.45) is 14.1 Å². The molecule has 0 saturated heterocycles. The molecule has 0 aliphatic rings. The molecule has 3 heterocycles. The second-order valence-corrected chi connectivity index (χ2v) is 7.02. The fourth-order valence-corrected chi connectivity index (χ4v) is 3.50. The fourth-order valence-electron chi connectivity index (χ4n) is 2.98. The molecule has 1 N–H and O–H groups in total. The summed E-state index contributed by atoms with van der Waals surface area (Å²) in [4.78, 5) is 32.9. The summed E-state index contributed by atoms with van der Waals surface area (Å²) in [5.41, 5.74) is 1.57. The molecule has 128 valence electrons. The lowest BCUT2D eigenvalue weighted by Gasteiger charge is -2.07. The number of aromatic amines is 1. The zero-order valence-corrected chi connectivity index (χ0v) is 15.7. The number of halogens is 2.